The molecule has 5 nitrogen and oxygen atoms in total. The Morgan fingerprint density at radius 2 is 2.20 bits per heavy atom. The van der Waals surface area contributed by atoms with Crippen LogP contribution in [0.15, 0.2) is 18.2 Å². The lowest BCUT2D eigenvalue weighted by molar-refractivity contribution is 0.0171. The van der Waals surface area contributed by atoms with Gasteiger partial charge in [-0.2, -0.15) is 0 Å². The van der Waals surface area contributed by atoms with E-state index in [1.54, 1.807) is 6.07 Å². The van der Waals surface area contributed by atoms with E-state index >= 15 is 0 Å². The highest BCUT2D eigenvalue weighted by Gasteiger charge is 2.15. The summed E-state index contributed by atoms with van der Waals surface area (Å²) in [5, 5.41) is 13.1. The van der Waals surface area contributed by atoms with Gasteiger partial charge in [0.2, 0.25) is 0 Å². The molecule has 112 valence electrons. The fourth-order valence-electron chi connectivity index (χ4n) is 2.19. The van der Waals surface area contributed by atoms with E-state index in [-0.39, 0.29) is 5.82 Å². The highest BCUT2D eigenvalue weighted by molar-refractivity contribution is 5.56. The van der Waals surface area contributed by atoms with Crippen LogP contribution < -0.4 is 10.1 Å². The molecule has 20 heavy (non-hydrogen) atoms. The number of halogens is 1. The fraction of sp³-hybridized carbons (Fsp3) is 0.571. The molecule has 1 aliphatic rings. The van der Waals surface area contributed by atoms with Gasteiger partial charge in [0, 0.05) is 32.2 Å². The Morgan fingerprint density at radius 1 is 1.45 bits per heavy atom. The zero-order valence-corrected chi connectivity index (χ0v) is 11.6. The summed E-state index contributed by atoms with van der Waals surface area (Å²) >= 11 is 0. The first kappa shape index (κ1) is 15.0. The van der Waals surface area contributed by atoms with Gasteiger partial charge in [-0.25, -0.2) is 4.39 Å². The number of ether oxygens (including phenoxy) is 2. The Bertz CT molecular complexity index is 425. The van der Waals surface area contributed by atoms with Gasteiger partial charge in [-0.3, -0.25) is 4.90 Å². The van der Waals surface area contributed by atoms with Gasteiger partial charge < -0.3 is 19.9 Å². The average Bonchev–Trinajstić information content (AvgIpc) is 2.47. The van der Waals surface area contributed by atoms with Crippen LogP contribution in [0, 0.1) is 5.82 Å². The molecule has 1 unspecified atom stereocenters. The maximum Gasteiger partial charge on any atom is 0.144 e. The van der Waals surface area contributed by atoms with E-state index in [1.807, 2.05) is 0 Å². The Kier molecular flexibility index (Phi) is 5.58. The molecule has 6 heteroatoms. The van der Waals surface area contributed by atoms with Crippen molar-refractivity contribution in [3.63, 3.8) is 0 Å². The van der Waals surface area contributed by atoms with Crippen LogP contribution in [-0.2, 0) is 4.74 Å². The van der Waals surface area contributed by atoms with E-state index in [0.29, 0.717) is 37.7 Å². The second kappa shape index (κ2) is 7.42. The van der Waals surface area contributed by atoms with Crippen molar-refractivity contribution in [3.8, 4) is 5.75 Å². The summed E-state index contributed by atoms with van der Waals surface area (Å²) in [6.45, 7) is 4.10. The number of β-amino-alcohol motifs (C(OH)–C–C–N with tert-alkyl or cyclic N) is 1. The largest absolute Gasteiger partial charge is 0.494 e. The van der Waals surface area contributed by atoms with Gasteiger partial charge in [-0.05, 0) is 12.1 Å². The number of morpholine rings is 1. The minimum atomic E-state index is -0.497. The summed E-state index contributed by atoms with van der Waals surface area (Å²) in [4.78, 5) is 2.16. The molecule has 0 amide bonds. The number of nitrogens with zero attached hydrogens (tertiary/aromatic N) is 1. The minimum Gasteiger partial charge on any atom is -0.494 e. The molecule has 2 N–H and O–H groups in total. The lowest BCUT2D eigenvalue weighted by Crippen LogP contribution is -2.42. The van der Waals surface area contributed by atoms with Crippen LogP contribution >= 0.6 is 0 Å². The van der Waals surface area contributed by atoms with Gasteiger partial charge in [0.05, 0.1) is 32.1 Å². The standard InChI is InChI=1S/C14H21FN2O3/c1-19-14-8-11(15)2-3-13(14)16-9-12(18)10-17-4-6-20-7-5-17/h2-3,8,12,16,18H,4-7,9-10H2,1H3. The van der Waals surface area contributed by atoms with Crippen LogP contribution in [0.5, 0.6) is 5.75 Å². The molecule has 0 spiro atoms. The van der Waals surface area contributed by atoms with Gasteiger partial charge in [-0.15, -0.1) is 0 Å². The van der Waals surface area contributed by atoms with Crippen molar-refractivity contribution in [2.75, 3.05) is 51.8 Å². The second-order valence-electron chi connectivity index (χ2n) is 4.79. The van der Waals surface area contributed by atoms with Crippen molar-refractivity contribution < 1.29 is 19.0 Å². The van der Waals surface area contributed by atoms with Crippen LogP contribution in [0.4, 0.5) is 10.1 Å². The van der Waals surface area contributed by atoms with Crippen molar-refractivity contribution in [2.24, 2.45) is 0 Å². The van der Waals surface area contributed by atoms with Crippen LogP contribution in [0.3, 0.4) is 0 Å². The van der Waals surface area contributed by atoms with E-state index in [2.05, 4.69) is 10.2 Å². The summed E-state index contributed by atoms with van der Waals surface area (Å²) in [7, 11) is 1.49. The van der Waals surface area contributed by atoms with Crippen molar-refractivity contribution in [3.05, 3.63) is 24.0 Å². The SMILES string of the molecule is COc1cc(F)ccc1NCC(O)CN1CCOCC1. The third-order valence-corrected chi connectivity index (χ3v) is 3.26. The number of methoxy groups -OCH3 is 1. The summed E-state index contributed by atoms with van der Waals surface area (Å²) in [5.74, 6) is 0.0878. The van der Waals surface area contributed by atoms with Gasteiger partial charge in [0.25, 0.3) is 0 Å². The number of hydrogen-bond donors (Lipinski definition) is 2. The Balaban J connectivity index is 1.81. The van der Waals surface area contributed by atoms with E-state index in [9.17, 15) is 9.50 Å². The van der Waals surface area contributed by atoms with E-state index < -0.39 is 6.10 Å². The summed E-state index contributed by atoms with van der Waals surface area (Å²) < 4.78 is 23.4. The molecule has 0 aliphatic carbocycles. The lowest BCUT2D eigenvalue weighted by Gasteiger charge is -2.28. The number of rotatable bonds is 6. The quantitative estimate of drug-likeness (QED) is 0.814. The molecule has 1 aliphatic heterocycles. The smallest absolute Gasteiger partial charge is 0.144 e. The number of anilines is 1. The van der Waals surface area contributed by atoms with E-state index in [0.717, 1.165) is 13.1 Å². The summed E-state index contributed by atoms with van der Waals surface area (Å²) in [6.07, 6.45) is -0.497. The number of nitrogens with one attached hydrogen (secondary N) is 1. The summed E-state index contributed by atoms with van der Waals surface area (Å²) in [5.41, 5.74) is 0.676. The molecule has 1 heterocycles. The first-order valence-corrected chi connectivity index (χ1v) is 6.74. The van der Waals surface area contributed by atoms with Crippen LogP contribution in [-0.4, -0.2) is 62.6 Å². The zero-order chi connectivity index (χ0) is 14.4. The molecule has 1 fully saturated rings. The molecule has 1 saturated heterocycles. The molecular weight excluding hydrogens is 263 g/mol. The third-order valence-electron chi connectivity index (χ3n) is 3.26. The van der Waals surface area contributed by atoms with Crippen molar-refractivity contribution in [1.82, 2.24) is 4.90 Å². The monoisotopic (exact) mass is 284 g/mol. The molecule has 1 aromatic carbocycles. The Hall–Kier alpha value is -1.37. The molecule has 2 rings (SSSR count). The average molecular weight is 284 g/mol. The molecular formula is C14H21FN2O3. The van der Waals surface area contributed by atoms with Gasteiger partial charge in [-0.1, -0.05) is 0 Å². The predicted molar refractivity (Wildman–Crippen MR) is 74.7 cm³/mol. The van der Waals surface area contributed by atoms with Crippen molar-refractivity contribution >= 4 is 5.69 Å². The maximum absolute atomic E-state index is 13.1. The number of benzene rings is 1. The molecule has 0 bridgehead atoms. The first-order valence-electron chi connectivity index (χ1n) is 6.74. The van der Waals surface area contributed by atoms with Gasteiger partial charge in [0.1, 0.15) is 11.6 Å². The molecule has 1 aromatic rings. The van der Waals surface area contributed by atoms with E-state index in [1.165, 1.54) is 19.2 Å². The van der Waals surface area contributed by atoms with Crippen LogP contribution in [0.1, 0.15) is 0 Å². The second-order valence-corrected chi connectivity index (χ2v) is 4.79. The topological polar surface area (TPSA) is 54.0 Å². The predicted octanol–water partition coefficient (Wildman–Crippen LogP) is 0.939. The first-order chi connectivity index (χ1) is 9.69. The summed E-state index contributed by atoms with van der Waals surface area (Å²) in [6, 6.07) is 4.28. The maximum atomic E-state index is 13.1. The Labute approximate surface area is 118 Å². The molecule has 1 atom stereocenters. The van der Waals surface area contributed by atoms with Crippen molar-refractivity contribution in [1.29, 1.82) is 0 Å². The number of aliphatic hydroxyl groups excluding tert-OH is 1. The van der Waals surface area contributed by atoms with Gasteiger partial charge >= 0.3 is 0 Å². The third kappa shape index (κ3) is 4.33. The number of hydrogen-bond acceptors (Lipinski definition) is 5. The minimum absolute atomic E-state index is 0.346. The zero-order valence-electron chi connectivity index (χ0n) is 11.6. The fourth-order valence-corrected chi connectivity index (χ4v) is 2.19. The van der Waals surface area contributed by atoms with Gasteiger partial charge in [0.15, 0.2) is 0 Å². The van der Waals surface area contributed by atoms with E-state index in [4.69, 9.17) is 9.47 Å². The normalized spacial score (nSPS) is 17.8. The number of aliphatic hydroxyl groups is 1. The highest BCUT2D eigenvalue weighted by Crippen LogP contribution is 2.24. The van der Waals surface area contributed by atoms with Crippen molar-refractivity contribution in [2.45, 2.75) is 6.10 Å². The molecule has 0 aromatic heterocycles. The van der Waals surface area contributed by atoms with Crippen LogP contribution in [0.25, 0.3) is 0 Å². The molecule has 0 radical (unpaired) electrons. The lowest BCUT2D eigenvalue weighted by atomic mass is 10.2. The molecule has 0 saturated carbocycles. The highest BCUT2D eigenvalue weighted by atomic mass is 19.1. The Morgan fingerprint density at radius 3 is 2.90 bits per heavy atom. The van der Waals surface area contributed by atoms with Crippen LogP contribution in [0.2, 0.25) is 0 Å².